The molecule has 0 unspecified atom stereocenters. The van der Waals surface area contributed by atoms with E-state index in [1.165, 1.54) is 7.11 Å². The summed E-state index contributed by atoms with van der Waals surface area (Å²) in [6, 6.07) is 7.34. The molecule has 1 aromatic carbocycles. The van der Waals surface area contributed by atoms with Gasteiger partial charge in [-0.3, -0.25) is 0 Å². The van der Waals surface area contributed by atoms with E-state index in [0.717, 1.165) is 24.3 Å². The molecule has 5 heteroatoms. The SMILES string of the molecule is COC(=O)c1ccc(CNCc2cnc[nH]2)cc1. The molecule has 0 saturated carbocycles. The highest BCUT2D eigenvalue weighted by atomic mass is 16.5. The van der Waals surface area contributed by atoms with Crippen LogP contribution in [0.5, 0.6) is 0 Å². The molecule has 0 aliphatic heterocycles. The van der Waals surface area contributed by atoms with E-state index in [2.05, 4.69) is 20.0 Å². The molecule has 2 rings (SSSR count). The van der Waals surface area contributed by atoms with Crippen LogP contribution < -0.4 is 5.32 Å². The first-order valence-electron chi connectivity index (χ1n) is 5.65. The number of esters is 1. The van der Waals surface area contributed by atoms with Gasteiger partial charge in [0.15, 0.2) is 0 Å². The summed E-state index contributed by atoms with van der Waals surface area (Å²) in [5, 5.41) is 3.28. The average Bonchev–Trinajstić information content (AvgIpc) is 2.92. The molecule has 0 aliphatic carbocycles. The van der Waals surface area contributed by atoms with E-state index in [0.29, 0.717) is 5.56 Å². The van der Waals surface area contributed by atoms with Gasteiger partial charge in [0.2, 0.25) is 0 Å². The van der Waals surface area contributed by atoms with Gasteiger partial charge in [-0.25, -0.2) is 9.78 Å². The van der Waals surface area contributed by atoms with Crippen molar-refractivity contribution in [2.24, 2.45) is 0 Å². The van der Waals surface area contributed by atoms with Gasteiger partial charge in [-0.2, -0.15) is 0 Å². The molecule has 1 aromatic heterocycles. The van der Waals surface area contributed by atoms with Gasteiger partial charge < -0.3 is 15.0 Å². The van der Waals surface area contributed by atoms with E-state index in [1.54, 1.807) is 24.7 Å². The highest BCUT2D eigenvalue weighted by Gasteiger charge is 2.03. The fourth-order valence-electron chi connectivity index (χ4n) is 1.60. The van der Waals surface area contributed by atoms with Crippen molar-refractivity contribution in [2.45, 2.75) is 13.1 Å². The predicted molar refractivity (Wildman–Crippen MR) is 66.9 cm³/mol. The summed E-state index contributed by atoms with van der Waals surface area (Å²) in [5.41, 5.74) is 2.72. The normalized spacial score (nSPS) is 10.3. The summed E-state index contributed by atoms with van der Waals surface area (Å²) in [6.07, 6.45) is 3.44. The first-order valence-corrected chi connectivity index (χ1v) is 5.65. The van der Waals surface area contributed by atoms with Crippen molar-refractivity contribution in [2.75, 3.05) is 7.11 Å². The van der Waals surface area contributed by atoms with Gasteiger partial charge in [0.05, 0.1) is 19.0 Å². The molecule has 0 spiro atoms. The fourth-order valence-corrected chi connectivity index (χ4v) is 1.60. The number of ether oxygens (including phenoxy) is 1. The Balaban J connectivity index is 1.85. The van der Waals surface area contributed by atoms with Crippen LogP contribution in [0, 0.1) is 0 Å². The second-order valence-corrected chi connectivity index (χ2v) is 3.87. The number of aromatic amines is 1. The lowest BCUT2D eigenvalue weighted by Crippen LogP contribution is -2.13. The van der Waals surface area contributed by atoms with Gasteiger partial charge in [-0.05, 0) is 17.7 Å². The van der Waals surface area contributed by atoms with Crippen LogP contribution in [0.2, 0.25) is 0 Å². The third-order valence-electron chi connectivity index (χ3n) is 2.57. The monoisotopic (exact) mass is 245 g/mol. The number of H-pyrrole nitrogens is 1. The summed E-state index contributed by atoms with van der Waals surface area (Å²) in [7, 11) is 1.38. The van der Waals surface area contributed by atoms with Crippen LogP contribution in [0.4, 0.5) is 0 Å². The molecule has 0 saturated heterocycles. The maximum Gasteiger partial charge on any atom is 0.337 e. The Kier molecular flexibility index (Phi) is 4.09. The molecule has 94 valence electrons. The van der Waals surface area contributed by atoms with Crippen LogP contribution in [0.1, 0.15) is 21.6 Å². The van der Waals surface area contributed by atoms with E-state index < -0.39 is 0 Å². The number of benzene rings is 1. The van der Waals surface area contributed by atoms with E-state index in [4.69, 9.17) is 0 Å². The minimum Gasteiger partial charge on any atom is -0.465 e. The standard InChI is InChI=1S/C13H15N3O2/c1-18-13(17)11-4-2-10(3-5-11)6-14-7-12-8-15-9-16-12/h2-5,8-9,14H,6-7H2,1H3,(H,15,16). The Morgan fingerprint density at radius 1 is 1.33 bits per heavy atom. The van der Waals surface area contributed by atoms with Gasteiger partial charge in [-0.15, -0.1) is 0 Å². The molecule has 2 aromatic rings. The van der Waals surface area contributed by atoms with E-state index >= 15 is 0 Å². The minimum absolute atomic E-state index is 0.313. The number of nitrogens with zero attached hydrogens (tertiary/aromatic N) is 1. The van der Waals surface area contributed by atoms with Crippen LogP contribution in [0.3, 0.4) is 0 Å². The maximum absolute atomic E-state index is 11.2. The molecular weight excluding hydrogens is 230 g/mol. The summed E-state index contributed by atoms with van der Waals surface area (Å²) in [5.74, 6) is -0.313. The summed E-state index contributed by atoms with van der Waals surface area (Å²) in [4.78, 5) is 18.2. The zero-order valence-electron chi connectivity index (χ0n) is 10.1. The lowest BCUT2D eigenvalue weighted by Gasteiger charge is -2.04. The van der Waals surface area contributed by atoms with Gasteiger partial charge in [0, 0.05) is 25.0 Å². The van der Waals surface area contributed by atoms with Crippen molar-refractivity contribution in [3.63, 3.8) is 0 Å². The third kappa shape index (κ3) is 3.18. The second-order valence-electron chi connectivity index (χ2n) is 3.87. The number of carbonyl (C=O) groups excluding carboxylic acids is 1. The summed E-state index contributed by atoms with van der Waals surface area (Å²) >= 11 is 0. The smallest absolute Gasteiger partial charge is 0.337 e. The topological polar surface area (TPSA) is 67.0 Å². The van der Waals surface area contributed by atoms with Crippen LogP contribution in [-0.4, -0.2) is 23.0 Å². The largest absolute Gasteiger partial charge is 0.465 e. The predicted octanol–water partition coefficient (Wildman–Crippen LogP) is 1.49. The van der Waals surface area contributed by atoms with Crippen molar-refractivity contribution in [3.05, 3.63) is 53.6 Å². The molecule has 0 atom stereocenters. The molecular formula is C13H15N3O2. The molecule has 0 radical (unpaired) electrons. The number of carbonyl (C=O) groups is 1. The zero-order chi connectivity index (χ0) is 12.8. The lowest BCUT2D eigenvalue weighted by atomic mass is 10.1. The zero-order valence-corrected chi connectivity index (χ0v) is 10.1. The van der Waals surface area contributed by atoms with Crippen molar-refractivity contribution in [3.8, 4) is 0 Å². The van der Waals surface area contributed by atoms with E-state index in [9.17, 15) is 4.79 Å². The van der Waals surface area contributed by atoms with Crippen LogP contribution in [0.15, 0.2) is 36.8 Å². The summed E-state index contributed by atoms with van der Waals surface area (Å²) in [6.45, 7) is 1.47. The summed E-state index contributed by atoms with van der Waals surface area (Å²) < 4.78 is 4.64. The van der Waals surface area contributed by atoms with E-state index in [1.807, 2.05) is 12.1 Å². The highest BCUT2D eigenvalue weighted by Crippen LogP contribution is 2.05. The Hall–Kier alpha value is -2.14. The highest BCUT2D eigenvalue weighted by molar-refractivity contribution is 5.89. The molecule has 0 amide bonds. The Labute approximate surface area is 105 Å². The maximum atomic E-state index is 11.2. The second kappa shape index (κ2) is 5.97. The number of hydrogen-bond acceptors (Lipinski definition) is 4. The van der Waals surface area contributed by atoms with Crippen molar-refractivity contribution in [1.82, 2.24) is 15.3 Å². The molecule has 0 fully saturated rings. The van der Waals surface area contributed by atoms with Crippen LogP contribution >= 0.6 is 0 Å². The Morgan fingerprint density at radius 3 is 2.72 bits per heavy atom. The van der Waals surface area contributed by atoms with E-state index in [-0.39, 0.29) is 5.97 Å². The average molecular weight is 245 g/mol. The van der Waals surface area contributed by atoms with Gasteiger partial charge in [0.1, 0.15) is 0 Å². The quantitative estimate of drug-likeness (QED) is 0.783. The third-order valence-corrected chi connectivity index (χ3v) is 2.57. The first kappa shape index (κ1) is 12.3. The van der Waals surface area contributed by atoms with Crippen LogP contribution in [-0.2, 0) is 17.8 Å². The first-order chi connectivity index (χ1) is 8.79. The Morgan fingerprint density at radius 2 is 2.11 bits per heavy atom. The molecule has 1 heterocycles. The van der Waals surface area contributed by atoms with Gasteiger partial charge in [0.25, 0.3) is 0 Å². The van der Waals surface area contributed by atoms with Gasteiger partial charge in [-0.1, -0.05) is 12.1 Å². The molecule has 5 nitrogen and oxygen atoms in total. The number of hydrogen-bond donors (Lipinski definition) is 2. The number of rotatable bonds is 5. The number of imidazole rings is 1. The number of methoxy groups -OCH3 is 1. The fraction of sp³-hybridized carbons (Fsp3) is 0.231. The molecule has 18 heavy (non-hydrogen) atoms. The van der Waals surface area contributed by atoms with Gasteiger partial charge >= 0.3 is 5.97 Å². The van der Waals surface area contributed by atoms with Crippen molar-refractivity contribution >= 4 is 5.97 Å². The van der Waals surface area contributed by atoms with Crippen molar-refractivity contribution < 1.29 is 9.53 Å². The molecule has 0 aliphatic rings. The van der Waals surface area contributed by atoms with Crippen molar-refractivity contribution in [1.29, 1.82) is 0 Å². The Bertz CT molecular complexity index is 491. The molecule has 0 bridgehead atoms. The van der Waals surface area contributed by atoms with Crippen LogP contribution in [0.25, 0.3) is 0 Å². The lowest BCUT2D eigenvalue weighted by molar-refractivity contribution is 0.0600. The minimum atomic E-state index is -0.313. The molecule has 2 N–H and O–H groups in total. The number of aromatic nitrogens is 2. The number of nitrogens with one attached hydrogen (secondary N) is 2.